The molecule has 7 nitrogen and oxygen atoms in total. The highest BCUT2D eigenvalue weighted by Gasteiger charge is 2.27. The molecule has 0 aromatic carbocycles. The summed E-state index contributed by atoms with van der Waals surface area (Å²) in [5.74, 6) is 0.828. The molecule has 146 valence electrons. The zero-order valence-electron chi connectivity index (χ0n) is 16.6. The third-order valence-electron chi connectivity index (χ3n) is 5.05. The van der Waals surface area contributed by atoms with Crippen molar-refractivity contribution in [3.63, 3.8) is 0 Å². The number of furan rings is 1. The number of hydrogen-bond acceptors (Lipinski definition) is 4. The van der Waals surface area contributed by atoms with Crippen LogP contribution in [0.1, 0.15) is 41.4 Å². The SMILES string of the molecule is Cc1nn(CC(C)C)c(C)c1CC(=O)N1CCN(C(=O)c2ccco2)CC1. The summed E-state index contributed by atoms with van der Waals surface area (Å²) in [4.78, 5) is 28.7. The Morgan fingerprint density at radius 1 is 1.15 bits per heavy atom. The zero-order valence-corrected chi connectivity index (χ0v) is 16.6. The molecule has 7 heteroatoms. The van der Waals surface area contributed by atoms with Crippen LogP contribution in [0.15, 0.2) is 22.8 Å². The van der Waals surface area contributed by atoms with E-state index in [1.807, 2.05) is 23.4 Å². The minimum absolute atomic E-state index is 0.0930. The van der Waals surface area contributed by atoms with E-state index in [4.69, 9.17) is 4.42 Å². The monoisotopic (exact) mass is 372 g/mol. The Hall–Kier alpha value is -2.57. The van der Waals surface area contributed by atoms with Gasteiger partial charge in [-0.2, -0.15) is 5.10 Å². The predicted molar refractivity (Wildman–Crippen MR) is 101 cm³/mol. The van der Waals surface area contributed by atoms with Crippen LogP contribution in [0.3, 0.4) is 0 Å². The van der Waals surface area contributed by atoms with Gasteiger partial charge in [0.2, 0.25) is 5.91 Å². The highest BCUT2D eigenvalue weighted by Crippen LogP contribution is 2.17. The van der Waals surface area contributed by atoms with Crippen LogP contribution in [0.4, 0.5) is 0 Å². The van der Waals surface area contributed by atoms with Gasteiger partial charge in [-0.05, 0) is 31.9 Å². The van der Waals surface area contributed by atoms with Crippen LogP contribution in [0.5, 0.6) is 0 Å². The Balaban J connectivity index is 1.59. The van der Waals surface area contributed by atoms with Gasteiger partial charge in [0.05, 0.1) is 18.4 Å². The van der Waals surface area contributed by atoms with Gasteiger partial charge in [0.25, 0.3) is 5.91 Å². The average Bonchev–Trinajstić information content (AvgIpc) is 3.26. The van der Waals surface area contributed by atoms with E-state index in [1.165, 1.54) is 6.26 Å². The molecule has 0 radical (unpaired) electrons. The van der Waals surface area contributed by atoms with Crippen LogP contribution in [0.25, 0.3) is 0 Å². The number of carbonyl (C=O) groups excluding carboxylic acids is 2. The number of carbonyl (C=O) groups is 2. The Kier molecular flexibility index (Phi) is 5.68. The van der Waals surface area contributed by atoms with Crippen LogP contribution in [0.2, 0.25) is 0 Å². The lowest BCUT2D eigenvalue weighted by atomic mass is 10.1. The van der Waals surface area contributed by atoms with E-state index in [1.54, 1.807) is 17.0 Å². The van der Waals surface area contributed by atoms with Gasteiger partial charge >= 0.3 is 0 Å². The van der Waals surface area contributed by atoms with Gasteiger partial charge < -0.3 is 14.2 Å². The van der Waals surface area contributed by atoms with Gasteiger partial charge in [0.1, 0.15) is 0 Å². The summed E-state index contributed by atoms with van der Waals surface area (Å²) >= 11 is 0. The van der Waals surface area contributed by atoms with E-state index in [9.17, 15) is 9.59 Å². The summed E-state index contributed by atoms with van der Waals surface area (Å²) < 4.78 is 7.18. The van der Waals surface area contributed by atoms with Crippen molar-refractivity contribution in [3.8, 4) is 0 Å². The Morgan fingerprint density at radius 2 is 1.81 bits per heavy atom. The second-order valence-corrected chi connectivity index (χ2v) is 7.55. The molecule has 0 N–H and O–H groups in total. The summed E-state index contributed by atoms with van der Waals surface area (Å²) in [6.45, 7) is 11.3. The highest BCUT2D eigenvalue weighted by molar-refractivity contribution is 5.91. The van der Waals surface area contributed by atoms with Gasteiger partial charge in [-0.25, -0.2) is 0 Å². The van der Waals surface area contributed by atoms with Crippen LogP contribution in [0, 0.1) is 19.8 Å². The second-order valence-electron chi connectivity index (χ2n) is 7.55. The number of hydrogen-bond donors (Lipinski definition) is 0. The number of aromatic nitrogens is 2. The molecule has 1 aliphatic rings. The number of amides is 2. The molecular weight excluding hydrogens is 344 g/mol. The van der Waals surface area contributed by atoms with Gasteiger partial charge in [0.15, 0.2) is 5.76 Å². The van der Waals surface area contributed by atoms with Crippen LogP contribution >= 0.6 is 0 Å². The van der Waals surface area contributed by atoms with Gasteiger partial charge in [0, 0.05) is 44.0 Å². The highest BCUT2D eigenvalue weighted by atomic mass is 16.3. The quantitative estimate of drug-likeness (QED) is 0.807. The number of rotatable bonds is 5. The first-order chi connectivity index (χ1) is 12.9. The standard InChI is InChI=1S/C20H28N4O3/c1-14(2)13-24-16(4)17(15(3)21-24)12-19(25)22-7-9-23(10-8-22)20(26)18-6-5-11-27-18/h5-6,11,14H,7-10,12-13H2,1-4H3. The fourth-order valence-electron chi connectivity index (χ4n) is 3.49. The molecule has 0 unspecified atom stereocenters. The average molecular weight is 372 g/mol. The molecule has 2 aromatic heterocycles. The Labute approximate surface area is 159 Å². The van der Waals surface area contributed by atoms with Crippen LogP contribution < -0.4 is 0 Å². The van der Waals surface area contributed by atoms with Gasteiger partial charge in [-0.1, -0.05) is 13.8 Å². The van der Waals surface area contributed by atoms with Crippen molar-refractivity contribution < 1.29 is 14.0 Å². The van der Waals surface area contributed by atoms with Crippen molar-refractivity contribution in [1.82, 2.24) is 19.6 Å². The number of piperazine rings is 1. The zero-order chi connectivity index (χ0) is 19.6. The van der Waals surface area contributed by atoms with Crippen molar-refractivity contribution in [2.24, 2.45) is 5.92 Å². The molecular formula is C20H28N4O3. The lowest BCUT2D eigenvalue weighted by molar-refractivity contribution is -0.131. The first kappa shape index (κ1) is 19.2. The third-order valence-corrected chi connectivity index (χ3v) is 5.05. The molecule has 1 fully saturated rings. The van der Waals surface area contributed by atoms with Crippen molar-refractivity contribution >= 4 is 11.8 Å². The molecule has 0 saturated carbocycles. The van der Waals surface area contributed by atoms with Gasteiger partial charge in [-0.3, -0.25) is 14.3 Å². The van der Waals surface area contributed by atoms with E-state index in [0.29, 0.717) is 44.3 Å². The van der Waals surface area contributed by atoms with Crippen molar-refractivity contribution in [2.75, 3.05) is 26.2 Å². The van der Waals surface area contributed by atoms with Crippen molar-refractivity contribution in [2.45, 2.75) is 40.7 Å². The smallest absolute Gasteiger partial charge is 0.289 e. The van der Waals surface area contributed by atoms with E-state index in [-0.39, 0.29) is 11.8 Å². The topological polar surface area (TPSA) is 71.6 Å². The molecule has 0 spiro atoms. The third kappa shape index (κ3) is 4.23. The lowest BCUT2D eigenvalue weighted by Crippen LogP contribution is -2.51. The van der Waals surface area contributed by atoms with E-state index < -0.39 is 0 Å². The normalized spacial score (nSPS) is 14.9. The summed E-state index contributed by atoms with van der Waals surface area (Å²) in [6, 6.07) is 3.37. The predicted octanol–water partition coefficient (Wildman–Crippen LogP) is 2.28. The maximum Gasteiger partial charge on any atom is 0.289 e. The fraction of sp³-hybridized carbons (Fsp3) is 0.550. The minimum atomic E-state index is -0.117. The summed E-state index contributed by atoms with van der Waals surface area (Å²) in [6.07, 6.45) is 1.86. The lowest BCUT2D eigenvalue weighted by Gasteiger charge is -2.34. The first-order valence-electron chi connectivity index (χ1n) is 9.50. The molecule has 3 heterocycles. The fourth-order valence-corrected chi connectivity index (χ4v) is 3.49. The summed E-state index contributed by atoms with van der Waals surface area (Å²) in [7, 11) is 0. The van der Waals surface area contributed by atoms with Crippen LogP contribution in [-0.4, -0.2) is 57.6 Å². The van der Waals surface area contributed by atoms with E-state index >= 15 is 0 Å². The molecule has 0 bridgehead atoms. The molecule has 3 rings (SSSR count). The Morgan fingerprint density at radius 3 is 2.41 bits per heavy atom. The maximum absolute atomic E-state index is 12.8. The molecule has 1 saturated heterocycles. The van der Waals surface area contributed by atoms with Crippen molar-refractivity contribution in [3.05, 3.63) is 41.1 Å². The molecule has 0 atom stereocenters. The summed E-state index contributed by atoms with van der Waals surface area (Å²) in [5, 5.41) is 4.59. The van der Waals surface area contributed by atoms with Crippen LogP contribution in [-0.2, 0) is 17.8 Å². The van der Waals surface area contributed by atoms with Crippen molar-refractivity contribution in [1.29, 1.82) is 0 Å². The molecule has 0 aliphatic carbocycles. The minimum Gasteiger partial charge on any atom is -0.459 e. The second kappa shape index (κ2) is 7.98. The largest absolute Gasteiger partial charge is 0.459 e. The van der Waals surface area contributed by atoms with Gasteiger partial charge in [-0.15, -0.1) is 0 Å². The Bertz CT molecular complexity index is 800. The molecule has 27 heavy (non-hydrogen) atoms. The van der Waals surface area contributed by atoms with E-state index in [2.05, 4.69) is 18.9 Å². The molecule has 2 aromatic rings. The maximum atomic E-state index is 12.8. The molecule has 2 amide bonds. The summed E-state index contributed by atoms with van der Waals surface area (Å²) in [5.41, 5.74) is 3.02. The first-order valence-corrected chi connectivity index (χ1v) is 9.50. The molecule has 1 aliphatic heterocycles. The van der Waals surface area contributed by atoms with E-state index in [0.717, 1.165) is 23.5 Å². The number of aryl methyl sites for hydroxylation is 1. The number of nitrogens with zero attached hydrogens (tertiary/aromatic N) is 4.